The lowest BCUT2D eigenvalue weighted by Gasteiger charge is -2.13. The summed E-state index contributed by atoms with van der Waals surface area (Å²) in [5, 5.41) is 8.29. The number of thioether (sulfide) groups is 1. The number of amides is 1. The van der Waals surface area contributed by atoms with E-state index in [2.05, 4.69) is 10.4 Å². The second-order valence-corrected chi connectivity index (χ2v) is 7.65. The van der Waals surface area contributed by atoms with Crippen molar-refractivity contribution in [1.29, 1.82) is 0 Å². The maximum Gasteiger partial charge on any atom is 0.265 e. The van der Waals surface area contributed by atoms with Gasteiger partial charge in [0.05, 0.1) is 24.5 Å². The van der Waals surface area contributed by atoms with Crippen LogP contribution in [-0.4, -0.2) is 51.3 Å². The molecule has 8 nitrogen and oxygen atoms in total. The maximum absolute atomic E-state index is 13.1. The average molecular weight is 399 g/mol. The van der Waals surface area contributed by atoms with Crippen molar-refractivity contribution in [2.24, 2.45) is 0 Å². The highest BCUT2D eigenvalue weighted by atomic mass is 32.2. The van der Waals surface area contributed by atoms with Crippen molar-refractivity contribution in [2.45, 2.75) is 24.5 Å². The van der Waals surface area contributed by atoms with Crippen LogP contribution in [0.1, 0.15) is 18.0 Å². The van der Waals surface area contributed by atoms with Crippen LogP contribution in [0.4, 0.5) is 0 Å². The number of carbonyl (C=O) groups excluding carboxylic acids is 1. The van der Waals surface area contributed by atoms with Crippen molar-refractivity contribution in [3.8, 4) is 5.69 Å². The smallest absolute Gasteiger partial charge is 0.265 e. The van der Waals surface area contributed by atoms with Crippen molar-refractivity contribution in [2.75, 3.05) is 26.0 Å². The zero-order chi connectivity index (χ0) is 19.7. The summed E-state index contributed by atoms with van der Waals surface area (Å²) in [5.74, 6) is 0.544. The molecule has 1 aromatic carbocycles. The van der Waals surface area contributed by atoms with Crippen LogP contribution in [0.5, 0.6) is 0 Å². The first-order valence-electron chi connectivity index (χ1n) is 9.05. The molecule has 1 amide bonds. The van der Waals surface area contributed by atoms with Crippen molar-refractivity contribution >= 4 is 28.7 Å². The van der Waals surface area contributed by atoms with Crippen LogP contribution >= 0.6 is 11.8 Å². The minimum absolute atomic E-state index is 0.0990. The summed E-state index contributed by atoms with van der Waals surface area (Å²) in [7, 11) is 1.59. The van der Waals surface area contributed by atoms with E-state index in [1.54, 1.807) is 22.6 Å². The largest absolute Gasteiger partial charge is 0.383 e. The van der Waals surface area contributed by atoms with Gasteiger partial charge in [0.25, 0.3) is 5.56 Å². The predicted molar refractivity (Wildman–Crippen MR) is 107 cm³/mol. The number of carbonyl (C=O) groups is 1. The predicted octanol–water partition coefficient (Wildman–Crippen LogP) is 1.69. The highest BCUT2D eigenvalue weighted by Gasteiger charge is 2.29. The molecule has 0 radical (unpaired) electrons. The number of aromatic nitrogens is 4. The molecule has 1 aliphatic rings. The van der Waals surface area contributed by atoms with E-state index >= 15 is 0 Å². The molecule has 0 spiro atoms. The lowest BCUT2D eigenvalue weighted by atomic mass is 10.2. The third kappa shape index (κ3) is 3.31. The standard InChI is InChI=1S/C19H21N5O3S/c1-12-5-3-4-6-15(12)24-17-14(10-21-24)18(26)23-13(11-28-19(23)22-17)9-16(25)20-7-8-27-2/h3-6,10,13H,7-9,11H2,1-2H3,(H,20,25). The maximum atomic E-state index is 13.1. The summed E-state index contributed by atoms with van der Waals surface area (Å²) >= 11 is 1.49. The van der Waals surface area contributed by atoms with Gasteiger partial charge in [0.15, 0.2) is 10.8 Å². The molecular weight excluding hydrogens is 378 g/mol. The summed E-state index contributed by atoms with van der Waals surface area (Å²) in [6.07, 6.45) is 1.80. The zero-order valence-corrected chi connectivity index (χ0v) is 16.5. The fourth-order valence-corrected chi connectivity index (χ4v) is 4.47. The van der Waals surface area contributed by atoms with Crippen molar-refractivity contribution < 1.29 is 9.53 Å². The van der Waals surface area contributed by atoms with Crippen LogP contribution in [-0.2, 0) is 9.53 Å². The Morgan fingerprint density at radius 2 is 2.21 bits per heavy atom. The van der Waals surface area contributed by atoms with Gasteiger partial charge in [-0.2, -0.15) is 5.10 Å². The Hall–Kier alpha value is -2.65. The van der Waals surface area contributed by atoms with E-state index in [-0.39, 0.29) is 23.9 Å². The molecule has 28 heavy (non-hydrogen) atoms. The van der Waals surface area contributed by atoms with Gasteiger partial charge in [0, 0.05) is 25.8 Å². The minimum Gasteiger partial charge on any atom is -0.383 e. The van der Waals surface area contributed by atoms with Crippen molar-refractivity contribution in [3.63, 3.8) is 0 Å². The number of nitrogens with zero attached hydrogens (tertiary/aromatic N) is 4. The summed E-state index contributed by atoms with van der Waals surface area (Å²) < 4.78 is 8.28. The number of nitrogens with one attached hydrogen (secondary N) is 1. The number of methoxy groups -OCH3 is 1. The van der Waals surface area contributed by atoms with Crippen molar-refractivity contribution in [1.82, 2.24) is 24.6 Å². The number of aryl methyl sites for hydroxylation is 1. The molecule has 0 saturated carbocycles. The molecule has 3 heterocycles. The fourth-order valence-electron chi connectivity index (χ4n) is 3.34. The van der Waals surface area contributed by atoms with E-state index in [4.69, 9.17) is 9.72 Å². The second kappa shape index (κ2) is 7.76. The molecule has 2 aromatic heterocycles. The molecule has 1 aliphatic heterocycles. The minimum atomic E-state index is -0.214. The number of hydrogen-bond acceptors (Lipinski definition) is 6. The molecule has 4 rings (SSSR count). The highest BCUT2D eigenvalue weighted by Crippen LogP contribution is 2.33. The quantitative estimate of drug-likeness (QED) is 0.501. The Balaban J connectivity index is 1.68. The Morgan fingerprint density at radius 3 is 3.00 bits per heavy atom. The lowest BCUT2D eigenvalue weighted by Crippen LogP contribution is -2.32. The topological polar surface area (TPSA) is 91.0 Å². The molecule has 1 unspecified atom stereocenters. The molecule has 0 bridgehead atoms. The number of ether oxygens (including phenoxy) is 1. The molecule has 0 fully saturated rings. The van der Waals surface area contributed by atoms with Gasteiger partial charge in [0.2, 0.25) is 5.91 Å². The van der Waals surface area contributed by atoms with Gasteiger partial charge in [-0.25, -0.2) is 9.67 Å². The summed E-state index contributed by atoms with van der Waals surface area (Å²) in [6, 6.07) is 7.63. The number of fused-ring (bicyclic) bond motifs is 2. The first-order valence-corrected chi connectivity index (χ1v) is 10.0. The normalized spacial score (nSPS) is 15.7. The SMILES string of the molecule is COCCNC(=O)CC1CSc2nc3c(cnn3-c3ccccc3C)c(=O)n21. The third-order valence-electron chi connectivity index (χ3n) is 4.76. The van der Waals surface area contributed by atoms with Crippen LogP contribution in [0.2, 0.25) is 0 Å². The molecule has 3 aromatic rings. The van der Waals surface area contributed by atoms with Crippen LogP contribution in [0, 0.1) is 6.92 Å². The fraction of sp³-hybridized carbons (Fsp3) is 0.368. The van der Waals surface area contributed by atoms with Crippen LogP contribution < -0.4 is 10.9 Å². The number of hydrogen-bond donors (Lipinski definition) is 1. The van der Waals surface area contributed by atoms with Gasteiger partial charge in [-0.1, -0.05) is 30.0 Å². The van der Waals surface area contributed by atoms with E-state index < -0.39 is 0 Å². The van der Waals surface area contributed by atoms with E-state index in [1.807, 2.05) is 31.2 Å². The number of rotatable bonds is 6. The Labute approximate surface area is 165 Å². The molecule has 146 valence electrons. The Bertz CT molecular complexity index is 1090. The monoisotopic (exact) mass is 399 g/mol. The summed E-state index contributed by atoms with van der Waals surface area (Å²) in [5.41, 5.74) is 2.34. The van der Waals surface area contributed by atoms with E-state index in [0.717, 1.165) is 11.3 Å². The zero-order valence-electron chi connectivity index (χ0n) is 15.7. The van der Waals surface area contributed by atoms with Gasteiger partial charge in [0.1, 0.15) is 5.39 Å². The first-order chi connectivity index (χ1) is 13.6. The molecule has 1 N–H and O–H groups in total. The summed E-state index contributed by atoms with van der Waals surface area (Å²) in [4.78, 5) is 30.0. The molecule has 1 atom stereocenters. The van der Waals surface area contributed by atoms with E-state index in [9.17, 15) is 9.59 Å². The van der Waals surface area contributed by atoms with Gasteiger partial charge in [-0.05, 0) is 18.6 Å². The first kappa shape index (κ1) is 18.7. The van der Waals surface area contributed by atoms with Crippen molar-refractivity contribution in [3.05, 3.63) is 46.4 Å². The van der Waals surface area contributed by atoms with E-state index in [1.165, 1.54) is 11.8 Å². The van der Waals surface area contributed by atoms with Gasteiger partial charge < -0.3 is 10.1 Å². The molecule has 0 aliphatic carbocycles. The Morgan fingerprint density at radius 1 is 1.39 bits per heavy atom. The lowest BCUT2D eigenvalue weighted by molar-refractivity contribution is -0.121. The van der Waals surface area contributed by atoms with Crippen LogP contribution in [0.15, 0.2) is 40.4 Å². The summed E-state index contributed by atoms with van der Waals surface area (Å²) in [6.45, 7) is 2.91. The van der Waals surface area contributed by atoms with Gasteiger partial charge in [-0.3, -0.25) is 14.2 Å². The average Bonchev–Trinajstić information content (AvgIpc) is 3.28. The van der Waals surface area contributed by atoms with E-state index in [0.29, 0.717) is 35.1 Å². The van der Waals surface area contributed by atoms with Gasteiger partial charge >= 0.3 is 0 Å². The van der Waals surface area contributed by atoms with Crippen LogP contribution in [0.25, 0.3) is 16.7 Å². The Kier molecular flexibility index (Phi) is 5.19. The molecular formula is C19H21N5O3S. The number of para-hydroxylation sites is 1. The molecule has 0 saturated heterocycles. The number of benzene rings is 1. The molecule has 9 heteroatoms. The second-order valence-electron chi connectivity index (χ2n) is 6.66. The highest BCUT2D eigenvalue weighted by molar-refractivity contribution is 7.99. The third-order valence-corrected chi connectivity index (χ3v) is 5.86. The van der Waals surface area contributed by atoms with Crippen LogP contribution in [0.3, 0.4) is 0 Å². The van der Waals surface area contributed by atoms with Gasteiger partial charge in [-0.15, -0.1) is 0 Å².